The molecule has 148 valence electrons. The zero-order chi connectivity index (χ0) is 20.9. The largest absolute Gasteiger partial charge is 0.457 e. The van der Waals surface area contributed by atoms with Crippen molar-refractivity contribution in [3.8, 4) is 11.5 Å². The predicted octanol–water partition coefficient (Wildman–Crippen LogP) is 7.48. The molecular formula is C27H22O2S. The quantitative estimate of drug-likeness (QED) is 0.308. The number of carbonyl (C=O) groups is 1. The summed E-state index contributed by atoms with van der Waals surface area (Å²) in [6, 6.07) is 31.4. The summed E-state index contributed by atoms with van der Waals surface area (Å²) in [5.74, 6) is 1.48. The van der Waals surface area contributed by atoms with E-state index in [2.05, 4.69) is 43.3 Å². The van der Waals surface area contributed by atoms with E-state index < -0.39 is 0 Å². The zero-order valence-electron chi connectivity index (χ0n) is 17.0. The van der Waals surface area contributed by atoms with Gasteiger partial charge in [0.25, 0.3) is 0 Å². The molecule has 30 heavy (non-hydrogen) atoms. The van der Waals surface area contributed by atoms with E-state index in [-0.39, 0.29) is 5.78 Å². The van der Waals surface area contributed by atoms with Crippen LogP contribution in [0.15, 0.2) is 107 Å². The highest BCUT2D eigenvalue weighted by atomic mass is 32.2. The number of hydrogen-bond acceptors (Lipinski definition) is 3. The summed E-state index contributed by atoms with van der Waals surface area (Å²) < 4.78 is 5.93. The normalized spacial score (nSPS) is 10.6. The van der Waals surface area contributed by atoms with E-state index >= 15 is 0 Å². The predicted molar refractivity (Wildman–Crippen MR) is 123 cm³/mol. The van der Waals surface area contributed by atoms with E-state index in [0.29, 0.717) is 16.9 Å². The lowest BCUT2D eigenvalue weighted by molar-refractivity contribution is 0.103. The van der Waals surface area contributed by atoms with Crippen LogP contribution >= 0.6 is 11.8 Å². The van der Waals surface area contributed by atoms with Crippen molar-refractivity contribution >= 4 is 17.5 Å². The van der Waals surface area contributed by atoms with Crippen LogP contribution in [-0.2, 0) is 0 Å². The third kappa shape index (κ3) is 5.00. The first kappa shape index (κ1) is 20.0. The summed E-state index contributed by atoms with van der Waals surface area (Å²) in [5.41, 5.74) is 3.74. The van der Waals surface area contributed by atoms with Gasteiger partial charge in [-0.15, -0.1) is 0 Å². The van der Waals surface area contributed by atoms with Gasteiger partial charge in [0.1, 0.15) is 11.5 Å². The minimum atomic E-state index is 0.0130. The lowest BCUT2D eigenvalue weighted by Gasteiger charge is -2.08. The average Bonchev–Trinajstić information content (AvgIpc) is 2.77. The van der Waals surface area contributed by atoms with Crippen molar-refractivity contribution in [2.45, 2.75) is 23.6 Å². The Morgan fingerprint density at radius 1 is 0.567 bits per heavy atom. The maximum atomic E-state index is 12.6. The number of rotatable bonds is 6. The summed E-state index contributed by atoms with van der Waals surface area (Å²) >= 11 is 1.72. The van der Waals surface area contributed by atoms with Crippen LogP contribution in [-0.4, -0.2) is 5.78 Å². The molecule has 0 atom stereocenters. The Hall–Kier alpha value is -3.30. The molecule has 0 N–H and O–H groups in total. The number of aryl methyl sites for hydroxylation is 2. The highest BCUT2D eigenvalue weighted by molar-refractivity contribution is 7.99. The van der Waals surface area contributed by atoms with E-state index in [1.807, 2.05) is 55.5 Å². The Balaban J connectivity index is 1.40. The van der Waals surface area contributed by atoms with Gasteiger partial charge in [-0.3, -0.25) is 4.79 Å². The average molecular weight is 411 g/mol. The lowest BCUT2D eigenvalue weighted by Crippen LogP contribution is -2.00. The molecule has 0 aliphatic heterocycles. The highest BCUT2D eigenvalue weighted by Crippen LogP contribution is 2.30. The summed E-state index contributed by atoms with van der Waals surface area (Å²) in [4.78, 5) is 15.0. The molecule has 0 aliphatic rings. The molecule has 0 aliphatic carbocycles. The van der Waals surface area contributed by atoms with E-state index in [1.165, 1.54) is 10.5 Å². The van der Waals surface area contributed by atoms with Gasteiger partial charge in [0, 0.05) is 20.9 Å². The Morgan fingerprint density at radius 3 is 1.43 bits per heavy atom. The second-order valence-corrected chi connectivity index (χ2v) is 8.36. The van der Waals surface area contributed by atoms with Crippen LogP contribution < -0.4 is 4.74 Å². The fourth-order valence-corrected chi connectivity index (χ4v) is 3.82. The number of ketones is 1. The molecule has 4 rings (SSSR count). The van der Waals surface area contributed by atoms with Crippen LogP contribution in [0.2, 0.25) is 0 Å². The van der Waals surface area contributed by atoms with Gasteiger partial charge in [0.2, 0.25) is 0 Å². The Labute approximate surface area is 181 Å². The van der Waals surface area contributed by atoms with Crippen molar-refractivity contribution in [2.75, 3.05) is 0 Å². The molecule has 0 saturated carbocycles. The summed E-state index contributed by atoms with van der Waals surface area (Å²) in [6.45, 7) is 4.10. The van der Waals surface area contributed by atoms with Crippen molar-refractivity contribution < 1.29 is 9.53 Å². The Morgan fingerprint density at radius 2 is 0.933 bits per heavy atom. The summed E-state index contributed by atoms with van der Waals surface area (Å²) in [7, 11) is 0. The van der Waals surface area contributed by atoms with Gasteiger partial charge in [-0.25, -0.2) is 0 Å². The SMILES string of the molecule is Cc1ccc(Sc2ccc(Oc3ccc(C(=O)c4ccc(C)cc4)cc3)cc2)cc1. The lowest BCUT2D eigenvalue weighted by atomic mass is 10.0. The molecule has 0 bridgehead atoms. The molecule has 4 aromatic rings. The fraction of sp³-hybridized carbons (Fsp3) is 0.0741. The zero-order valence-corrected chi connectivity index (χ0v) is 17.8. The van der Waals surface area contributed by atoms with Crippen molar-refractivity contribution in [2.24, 2.45) is 0 Å². The van der Waals surface area contributed by atoms with Crippen LogP contribution in [0, 0.1) is 13.8 Å². The number of ether oxygens (including phenoxy) is 1. The van der Waals surface area contributed by atoms with Gasteiger partial charge in [0.05, 0.1) is 0 Å². The molecule has 0 heterocycles. The topological polar surface area (TPSA) is 26.3 Å². The molecule has 3 heteroatoms. The van der Waals surface area contributed by atoms with Crippen LogP contribution in [0.3, 0.4) is 0 Å². The maximum absolute atomic E-state index is 12.6. The number of hydrogen-bond donors (Lipinski definition) is 0. The van der Waals surface area contributed by atoms with Gasteiger partial charge >= 0.3 is 0 Å². The van der Waals surface area contributed by atoms with Crippen molar-refractivity contribution in [3.63, 3.8) is 0 Å². The number of carbonyl (C=O) groups excluding carboxylic acids is 1. The molecule has 0 saturated heterocycles. The molecule has 0 radical (unpaired) electrons. The second kappa shape index (κ2) is 9.02. The Kier molecular flexibility index (Phi) is 6.01. The number of benzene rings is 4. The van der Waals surface area contributed by atoms with Crippen LogP contribution in [0.4, 0.5) is 0 Å². The molecule has 0 amide bonds. The van der Waals surface area contributed by atoms with E-state index in [0.717, 1.165) is 16.2 Å². The van der Waals surface area contributed by atoms with Crippen LogP contribution in [0.1, 0.15) is 27.0 Å². The Bertz CT molecular complexity index is 1130. The minimum absolute atomic E-state index is 0.0130. The molecule has 0 unspecified atom stereocenters. The third-order valence-electron chi connectivity index (χ3n) is 4.75. The molecule has 0 fully saturated rings. The summed E-state index contributed by atoms with van der Waals surface area (Å²) in [6.07, 6.45) is 0. The molecular weight excluding hydrogens is 388 g/mol. The summed E-state index contributed by atoms with van der Waals surface area (Å²) in [5, 5.41) is 0. The first-order valence-electron chi connectivity index (χ1n) is 9.81. The molecule has 2 nitrogen and oxygen atoms in total. The van der Waals surface area contributed by atoms with Crippen molar-refractivity contribution in [1.82, 2.24) is 0 Å². The maximum Gasteiger partial charge on any atom is 0.193 e. The molecule has 0 aromatic heterocycles. The smallest absolute Gasteiger partial charge is 0.193 e. The van der Waals surface area contributed by atoms with Gasteiger partial charge in [0.15, 0.2) is 5.78 Å². The first-order valence-corrected chi connectivity index (χ1v) is 10.6. The van der Waals surface area contributed by atoms with Gasteiger partial charge in [-0.05, 0) is 74.5 Å². The van der Waals surface area contributed by atoms with E-state index in [4.69, 9.17) is 4.74 Å². The first-order chi connectivity index (χ1) is 14.6. The second-order valence-electron chi connectivity index (χ2n) is 7.21. The monoisotopic (exact) mass is 410 g/mol. The third-order valence-corrected chi connectivity index (χ3v) is 5.76. The highest BCUT2D eigenvalue weighted by Gasteiger charge is 2.09. The van der Waals surface area contributed by atoms with E-state index in [9.17, 15) is 4.79 Å². The van der Waals surface area contributed by atoms with E-state index in [1.54, 1.807) is 23.9 Å². The molecule has 4 aromatic carbocycles. The van der Waals surface area contributed by atoms with Gasteiger partial charge in [-0.2, -0.15) is 0 Å². The van der Waals surface area contributed by atoms with Gasteiger partial charge < -0.3 is 4.74 Å². The van der Waals surface area contributed by atoms with Crippen LogP contribution in [0.25, 0.3) is 0 Å². The van der Waals surface area contributed by atoms with Gasteiger partial charge in [-0.1, -0.05) is 59.3 Å². The molecule has 0 spiro atoms. The van der Waals surface area contributed by atoms with Crippen molar-refractivity contribution in [3.05, 3.63) is 119 Å². The van der Waals surface area contributed by atoms with Crippen LogP contribution in [0.5, 0.6) is 11.5 Å². The standard InChI is InChI=1S/C27H22O2S/c1-19-3-7-21(8-4-19)27(28)22-9-11-23(12-10-22)29-24-13-17-26(18-14-24)30-25-15-5-20(2)6-16-25/h3-18H,1-2H3. The fourth-order valence-electron chi connectivity index (χ4n) is 3.00. The van der Waals surface area contributed by atoms with Crippen molar-refractivity contribution in [1.29, 1.82) is 0 Å². The minimum Gasteiger partial charge on any atom is -0.457 e.